The maximum absolute atomic E-state index is 12.0. The Morgan fingerprint density at radius 3 is 2.22 bits per heavy atom. The van der Waals surface area contributed by atoms with Gasteiger partial charge in [0, 0.05) is 18.2 Å². The second kappa shape index (κ2) is 5.17. The molecule has 0 aromatic rings. The van der Waals surface area contributed by atoms with Crippen molar-refractivity contribution < 1.29 is 18.3 Å². The Bertz CT molecular complexity index is 408. The predicted octanol–water partition coefficient (Wildman–Crippen LogP) is 0.478. The Balaban J connectivity index is 2.66. The van der Waals surface area contributed by atoms with Crippen molar-refractivity contribution >= 4 is 15.7 Å². The van der Waals surface area contributed by atoms with Crippen LogP contribution in [0.4, 0.5) is 0 Å². The highest BCUT2D eigenvalue weighted by Crippen LogP contribution is 2.37. The molecule has 0 aromatic heterocycles. The van der Waals surface area contributed by atoms with Crippen molar-refractivity contribution in [1.82, 2.24) is 5.32 Å². The van der Waals surface area contributed by atoms with Crippen LogP contribution >= 0.6 is 0 Å². The Labute approximate surface area is 109 Å². The summed E-state index contributed by atoms with van der Waals surface area (Å²) >= 11 is 0. The Hall–Kier alpha value is -0.620. The third kappa shape index (κ3) is 3.03. The van der Waals surface area contributed by atoms with Gasteiger partial charge in [-0.05, 0) is 26.7 Å². The van der Waals surface area contributed by atoms with Crippen molar-refractivity contribution in [2.45, 2.75) is 44.3 Å². The maximum atomic E-state index is 12.0. The molecule has 1 aliphatic rings. The van der Waals surface area contributed by atoms with Crippen LogP contribution in [0.3, 0.4) is 0 Å². The van der Waals surface area contributed by atoms with Gasteiger partial charge in [-0.25, -0.2) is 8.42 Å². The van der Waals surface area contributed by atoms with E-state index in [4.69, 9.17) is 0 Å². The standard InChI is InChI=1S/C12H23NO4S/c1-11(2,18(3,16)17)10(15)13-8-12(9-14)6-4-5-7-12/h14H,4-9H2,1-3H3,(H,13,15). The highest BCUT2D eigenvalue weighted by molar-refractivity contribution is 7.92. The molecule has 0 radical (unpaired) electrons. The minimum absolute atomic E-state index is 0.0343. The summed E-state index contributed by atoms with van der Waals surface area (Å²) in [6, 6.07) is 0. The molecule has 6 heteroatoms. The molecule has 5 nitrogen and oxygen atoms in total. The van der Waals surface area contributed by atoms with Gasteiger partial charge in [0.15, 0.2) is 9.84 Å². The lowest BCUT2D eigenvalue weighted by Crippen LogP contribution is -2.50. The number of hydrogen-bond donors (Lipinski definition) is 2. The topological polar surface area (TPSA) is 83.5 Å². The van der Waals surface area contributed by atoms with Crippen LogP contribution in [-0.2, 0) is 14.6 Å². The van der Waals surface area contributed by atoms with Crippen molar-refractivity contribution in [2.75, 3.05) is 19.4 Å². The van der Waals surface area contributed by atoms with Gasteiger partial charge >= 0.3 is 0 Å². The number of nitrogens with one attached hydrogen (secondary N) is 1. The van der Waals surface area contributed by atoms with Gasteiger partial charge < -0.3 is 10.4 Å². The molecule has 1 amide bonds. The fourth-order valence-electron chi connectivity index (χ4n) is 2.16. The summed E-state index contributed by atoms with van der Waals surface area (Å²) in [5, 5.41) is 12.1. The van der Waals surface area contributed by atoms with E-state index in [1.54, 1.807) is 0 Å². The molecule has 1 saturated carbocycles. The zero-order valence-corrected chi connectivity index (χ0v) is 12.1. The second-order valence-corrected chi connectivity index (χ2v) is 8.40. The van der Waals surface area contributed by atoms with E-state index in [-0.39, 0.29) is 12.0 Å². The zero-order valence-electron chi connectivity index (χ0n) is 11.3. The minimum atomic E-state index is -3.45. The van der Waals surface area contributed by atoms with E-state index in [0.29, 0.717) is 6.54 Å². The Morgan fingerprint density at radius 2 is 1.83 bits per heavy atom. The Morgan fingerprint density at radius 1 is 1.33 bits per heavy atom. The number of sulfone groups is 1. The Kier molecular flexibility index (Phi) is 4.43. The highest BCUT2D eigenvalue weighted by atomic mass is 32.2. The van der Waals surface area contributed by atoms with Gasteiger partial charge in [0.25, 0.3) is 0 Å². The smallest absolute Gasteiger partial charge is 0.240 e. The van der Waals surface area contributed by atoms with Gasteiger partial charge in [-0.1, -0.05) is 12.8 Å². The fraction of sp³-hybridized carbons (Fsp3) is 0.917. The molecule has 0 aromatic carbocycles. The number of hydrogen-bond acceptors (Lipinski definition) is 4. The van der Waals surface area contributed by atoms with Crippen LogP contribution in [0.1, 0.15) is 39.5 Å². The number of carbonyl (C=O) groups is 1. The molecule has 0 aliphatic heterocycles. The van der Waals surface area contributed by atoms with Crippen LogP contribution in [0, 0.1) is 5.41 Å². The van der Waals surface area contributed by atoms with Crippen molar-refractivity contribution in [3.63, 3.8) is 0 Å². The molecule has 0 atom stereocenters. The molecule has 18 heavy (non-hydrogen) atoms. The van der Waals surface area contributed by atoms with Crippen molar-refractivity contribution in [2.24, 2.45) is 5.41 Å². The number of rotatable bonds is 5. The summed E-state index contributed by atoms with van der Waals surface area (Å²) in [6.07, 6.45) is 4.91. The van der Waals surface area contributed by atoms with E-state index >= 15 is 0 Å². The first-order chi connectivity index (χ1) is 8.15. The first-order valence-electron chi connectivity index (χ1n) is 6.23. The molecule has 1 aliphatic carbocycles. The van der Waals surface area contributed by atoms with Gasteiger partial charge in [-0.2, -0.15) is 0 Å². The molecule has 0 spiro atoms. The van der Waals surface area contributed by atoms with Crippen LogP contribution in [0.2, 0.25) is 0 Å². The van der Waals surface area contributed by atoms with Gasteiger partial charge in [-0.15, -0.1) is 0 Å². The maximum Gasteiger partial charge on any atom is 0.240 e. The van der Waals surface area contributed by atoms with E-state index in [1.165, 1.54) is 13.8 Å². The number of amides is 1. The van der Waals surface area contributed by atoms with Crippen LogP contribution in [0.5, 0.6) is 0 Å². The molecule has 0 saturated heterocycles. The quantitative estimate of drug-likeness (QED) is 0.765. The SMILES string of the molecule is CC(C)(C(=O)NCC1(CO)CCCC1)S(C)(=O)=O. The van der Waals surface area contributed by atoms with Gasteiger partial charge in [0.1, 0.15) is 4.75 Å². The molecular weight excluding hydrogens is 254 g/mol. The molecule has 1 fully saturated rings. The molecule has 0 unspecified atom stereocenters. The lowest BCUT2D eigenvalue weighted by atomic mass is 9.87. The average molecular weight is 277 g/mol. The van der Waals surface area contributed by atoms with Gasteiger partial charge in [0.05, 0.1) is 6.61 Å². The van der Waals surface area contributed by atoms with Crippen molar-refractivity contribution in [3.05, 3.63) is 0 Å². The largest absolute Gasteiger partial charge is 0.396 e. The molecule has 0 heterocycles. The lowest BCUT2D eigenvalue weighted by molar-refractivity contribution is -0.123. The second-order valence-electron chi connectivity index (χ2n) is 5.83. The average Bonchev–Trinajstić information content (AvgIpc) is 2.73. The fourth-order valence-corrected chi connectivity index (χ4v) is 2.57. The monoisotopic (exact) mass is 277 g/mol. The summed E-state index contributed by atoms with van der Waals surface area (Å²) in [6.45, 7) is 3.18. The molecule has 2 N–H and O–H groups in total. The van der Waals surface area contributed by atoms with E-state index in [1.807, 2.05) is 0 Å². The van der Waals surface area contributed by atoms with E-state index in [2.05, 4.69) is 5.32 Å². The van der Waals surface area contributed by atoms with E-state index < -0.39 is 20.5 Å². The summed E-state index contributed by atoms with van der Waals surface area (Å²) in [5.41, 5.74) is -0.261. The number of carbonyl (C=O) groups excluding carboxylic acids is 1. The van der Waals surface area contributed by atoms with Crippen LogP contribution in [0.15, 0.2) is 0 Å². The summed E-state index contributed by atoms with van der Waals surface area (Å²) < 4.78 is 21.6. The molecule has 1 rings (SSSR count). The third-order valence-corrected chi connectivity index (χ3v) is 6.14. The van der Waals surface area contributed by atoms with Crippen LogP contribution < -0.4 is 5.32 Å². The van der Waals surface area contributed by atoms with Crippen molar-refractivity contribution in [3.8, 4) is 0 Å². The highest BCUT2D eigenvalue weighted by Gasteiger charge is 2.40. The number of aliphatic hydroxyl groups excluding tert-OH is 1. The van der Waals surface area contributed by atoms with Gasteiger partial charge in [0.2, 0.25) is 5.91 Å². The van der Waals surface area contributed by atoms with E-state index in [9.17, 15) is 18.3 Å². The van der Waals surface area contributed by atoms with Crippen LogP contribution in [-0.4, -0.2) is 43.6 Å². The molecular formula is C12H23NO4S. The lowest BCUT2D eigenvalue weighted by Gasteiger charge is -2.29. The van der Waals surface area contributed by atoms with Crippen molar-refractivity contribution in [1.29, 1.82) is 0 Å². The van der Waals surface area contributed by atoms with Gasteiger partial charge in [-0.3, -0.25) is 4.79 Å². The molecule has 0 bridgehead atoms. The zero-order chi connectivity index (χ0) is 14.0. The number of aliphatic hydroxyl groups is 1. The normalized spacial score (nSPS) is 19.8. The summed E-state index contributed by atoms with van der Waals surface area (Å²) in [4.78, 5) is 12.0. The van der Waals surface area contributed by atoms with E-state index in [0.717, 1.165) is 31.9 Å². The van der Waals surface area contributed by atoms with Crippen LogP contribution in [0.25, 0.3) is 0 Å². The third-order valence-electron chi connectivity index (χ3n) is 4.10. The summed E-state index contributed by atoms with van der Waals surface area (Å²) in [7, 11) is -3.45. The first kappa shape index (κ1) is 15.4. The first-order valence-corrected chi connectivity index (χ1v) is 8.13. The minimum Gasteiger partial charge on any atom is -0.396 e. The summed E-state index contributed by atoms with van der Waals surface area (Å²) in [5.74, 6) is -0.496. The predicted molar refractivity (Wildman–Crippen MR) is 69.9 cm³/mol. The molecule has 106 valence electrons.